The molecule has 0 aliphatic heterocycles. The van der Waals surface area contributed by atoms with Crippen LogP contribution in [0.15, 0.2) is 65.1 Å². The number of carbonyl (C=O) groups excluding carboxylic acids is 1. The van der Waals surface area contributed by atoms with E-state index < -0.39 is 18.6 Å². The first-order valence-electron chi connectivity index (χ1n) is 8.92. The molecule has 1 aliphatic carbocycles. The van der Waals surface area contributed by atoms with Crippen molar-refractivity contribution in [2.45, 2.75) is 24.9 Å². The van der Waals surface area contributed by atoms with Gasteiger partial charge in [0.25, 0.3) is 5.91 Å². The quantitative estimate of drug-likeness (QED) is 0.588. The maximum Gasteiger partial charge on any atom is 0.406 e. The molecule has 1 fully saturated rings. The third-order valence-electron chi connectivity index (χ3n) is 4.48. The van der Waals surface area contributed by atoms with Gasteiger partial charge in [0.1, 0.15) is 12.3 Å². The molecule has 0 N–H and O–H groups in total. The van der Waals surface area contributed by atoms with E-state index in [1.165, 1.54) is 12.1 Å². The minimum Gasteiger partial charge on any atom is -0.440 e. The molecule has 3 aromatic rings. The van der Waals surface area contributed by atoms with Gasteiger partial charge < -0.3 is 4.42 Å². The van der Waals surface area contributed by atoms with Crippen molar-refractivity contribution in [3.63, 3.8) is 0 Å². The molecule has 0 radical (unpaired) electrons. The third kappa shape index (κ3) is 3.93. The number of amides is 1. The number of hydrogen-bond donors (Lipinski definition) is 0. The maximum absolute atomic E-state index is 13.2. The largest absolute Gasteiger partial charge is 0.440 e. The molecule has 0 spiro atoms. The van der Waals surface area contributed by atoms with Crippen LogP contribution in [0.25, 0.3) is 11.5 Å². The number of carbonyl (C=O) groups is 1. The van der Waals surface area contributed by atoms with Gasteiger partial charge in [-0.3, -0.25) is 9.69 Å². The normalized spacial score (nSPS) is 14.1. The summed E-state index contributed by atoms with van der Waals surface area (Å²) in [6.45, 7) is -1.40. The van der Waals surface area contributed by atoms with E-state index in [9.17, 15) is 18.0 Å². The summed E-state index contributed by atoms with van der Waals surface area (Å²) in [6, 6.07) is 16.8. The molecule has 1 amide bonds. The molecule has 7 heteroatoms. The van der Waals surface area contributed by atoms with E-state index in [2.05, 4.69) is 4.98 Å². The van der Waals surface area contributed by atoms with Crippen molar-refractivity contribution in [3.05, 3.63) is 72.1 Å². The molecule has 2 aromatic carbocycles. The predicted molar refractivity (Wildman–Crippen MR) is 98.1 cm³/mol. The van der Waals surface area contributed by atoms with Crippen molar-refractivity contribution < 1.29 is 22.4 Å². The van der Waals surface area contributed by atoms with E-state index in [1.54, 1.807) is 42.5 Å². The number of oxazole rings is 1. The van der Waals surface area contributed by atoms with Crippen LogP contribution < -0.4 is 4.90 Å². The summed E-state index contributed by atoms with van der Waals surface area (Å²) in [5.74, 6) is -0.179. The summed E-state index contributed by atoms with van der Waals surface area (Å²) in [5.41, 5.74) is 0.788. The molecule has 4 nitrogen and oxygen atoms in total. The van der Waals surface area contributed by atoms with Gasteiger partial charge in [-0.15, -0.1) is 0 Å². The fourth-order valence-electron chi connectivity index (χ4n) is 3.01. The summed E-state index contributed by atoms with van der Waals surface area (Å²) in [4.78, 5) is 18.1. The highest BCUT2D eigenvalue weighted by molar-refractivity contribution is 6.06. The van der Waals surface area contributed by atoms with Crippen molar-refractivity contribution in [1.82, 2.24) is 4.98 Å². The Bertz CT molecular complexity index is 964. The Morgan fingerprint density at radius 3 is 2.21 bits per heavy atom. The van der Waals surface area contributed by atoms with Crippen LogP contribution in [-0.4, -0.2) is 23.6 Å². The average molecular weight is 386 g/mol. The van der Waals surface area contributed by atoms with Crippen LogP contribution in [0.3, 0.4) is 0 Å². The van der Waals surface area contributed by atoms with Gasteiger partial charge in [0, 0.05) is 17.2 Å². The third-order valence-corrected chi connectivity index (χ3v) is 4.48. The van der Waals surface area contributed by atoms with Crippen molar-refractivity contribution >= 4 is 11.6 Å². The number of para-hydroxylation sites is 1. The van der Waals surface area contributed by atoms with Crippen molar-refractivity contribution in [2.75, 3.05) is 11.4 Å². The second-order valence-corrected chi connectivity index (χ2v) is 6.71. The Morgan fingerprint density at radius 1 is 1.04 bits per heavy atom. The number of nitrogens with zero attached hydrogens (tertiary/aromatic N) is 2. The molecule has 1 aliphatic rings. The number of alkyl halides is 3. The van der Waals surface area contributed by atoms with Crippen molar-refractivity contribution in [3.8, 4) is 11.5 Å². The summed E-state index contributed by atoms with van der Waals surface area (Å²) < 4.78 is 45.3. The van der Waals surface area contributed by atoms with E-state index >= 15 is 0 Å². The number of aromatic nitrogens is 1. The Hall–Kier alpha value is -3.09. The molecule has 0 saturated heterocycles. The Morgan fingerprint density at radius 2 is 1.64 bits per heavy atom. The molecule has 0 bridgehead atoms. The van der Waals surface area contributed by atoms with E-state index in [1.807, 2.05) is 6.07 Å². The highest BCUT2D eigenvalue weighted by Gasteiger charge is 2.39. The van der Waals surface area contributed by atoms with Crippen LogP contribution in [0.5, 0.6) is 0 Å². The van der Waals surface area contributed by atoms with Crippen molar-refractivity contribution in [1.29, 1.82) is 0 Å². The second kappa shape index (κ2) is 7.14. The molecule has 1 aromatic heterocycles. The van der Waals surface area contributed by atoms with E-state index in [0.29, 0.717) is 16.2 Å². The molecule has 0 atom stereocenters. The molecule has 4 rings (SSSR count). The van der Waals surface area contributed by atoms with Gasteiger partial charge in [0.15, 0.2) is 5.69 Å². The zero-order valence-electron chi connectivity index (χ0n) is 14.8. The lowest BCUT2D eigenvalue weighted by Gasteiger charge is -2.23. The first-order chi connectivity index (χ1) is 13.4. The Kier molecular flexibility index (Phi) is 4.66. The minimum absolute atomic E-state index is 0.0208. The fourth-order valence-corrected chi connectivity index (χ4v) is 3.01. The zero-order chi connectivity index (χ0) is 19.7. The van der Waals surface area contributed by atoms with E-state index in [-0.39, 0.29) is 23.2 Å². The first kappa shape index (κ1) is 18.3. The van der Waals surface area contributed by atoms with Gasteiger partial charge in [0.05, 0.1) is 0 Å². The highest BCUT2D eigenvalue weighted by Crippen LogP contribution is 2.43. The van der Waals surface area contributed by atoms with E-state index in [4.69, 9.17) is 4.42 Å². The molecular formula is C21H17F3N2O2. The lowest BCUT2D eigenvalue weighted by molar-refractivity contribution is -0.118. The highest BCUT2D eigenvalue weighted by atomic mass is 19.4. The second-order valence-electron chi connectivity index (χ2n) is 6.71. The maximum atomic E-state index is 13.2. The van der Waals surface area contributed by atoms with E-state index in [0.717, 1.165) is 12.8 Å². The summed E-state index contributed by atoms with van der Waals surface area (Å²) in [5, 5.41) is 0. The Labute approximate surface area is 159 Å². The van der Waals surface area contributed by atoms with Gasteiger partial charge >= 0.3 is 6.18 Å². The summed E-state index contributed by atoms with van der Waals surface area (Å²) in [6.07, 6.45) is -2.89. The number of benzene rings is 2. The Balaban J connectivity index is 1.75. The molecule has 28 heavy (non-hydrogen) atoms. The van der Waals surface area contributed by atoms with Crippen LogP contribution in [-0.2, 0) is 0 Å². The molecule has 144 valence electrons. The first-order valence-corrected chi connectivity index (χ1v) is 8.92. The van der Waals surface area contributed by atoms with Crippen LogP contribution >= 0.6 is 0 Å². The molecule has 0 unspecified atom stereocenters. The zero-order valence-corrected chi connectivity index (χ0v) is 14.8. The lowest BCUT2D eigenvalue weighted by Crippen LogP contribution is -2.39. The number of hydrogen-bond acceptors (Lipinski definition) is 3. The number of halogens is 3. The van der Waals surface area contributed by atoms with Gasteiger partial charge in [-0.1, -0.05) is 36.4 Å². The number of anilines is 1. The van der Waals surface area contributed by atoms with Gasteiger partial charge in [-0.05, 0) is 37.1 Å². The topological polar surface area (TPSA) is 46.3 Å². The molecule has 1 heterocycles. The van der Waals surface area contributed by atoms with Crippen LogP contribution in [0.4, 0.5) is 18.9 Å². The summed E-state index contributed by atoms with van der Waals surface area (Å²) >= 11 is 0. The summed E-state index contributed by atoms with van der Waals surface area (Å²) in [7, 11) is 0. The van der Waals surface area contributed by atoms with Gasteiger partial charge in [-0.25, -0.2) is 4.98 Å². The SMILES string of the molecule is O=C(c1nc(-c2ccccc2)oc1C1CC1)N(CC(F)(F)F)c1ccccc1. The minimum atomic E-state index is -4.54. The average Bonchev–Trinajstić information content (AvgIpc) is 3.44. The van der Waals surface area contributed by atoms with Crippen LogP contribution in [0, 0.1) is 0 Å². The van der Waals surface area contributed by atoms with Crippen molar-refractivity contribution in [2.24, 2.45) is 0 Å². The monoisotopic (exact) mass is 386 g/mol. The smallest absolute Gasteiger partial charge is 0.406 e. The molecular weight excluding hydrogens is 369 g/mol. The predicted octanol–water partition coefficient (Wildman–Crippen LogP) is 5.43. The lowest BCUT2D eigenvalue weighted by atomic mass is 10.2. The van der Waals surface area contributed by atoms with Crippen LogP contribution in [0.1, 0.15) is 35.0 Å². The van der Waals surface area contributed by atoms with Gasteiger partial charge in [-0.2, -0.15) is 13.2 Å². The van der Waals surface area contributed by atoms with Crippen LogP contribution in [0.2, 0.25) is 0 Å². The molecule has 1 saturated carbocycles. The standard InChI is InChI=1S/C21H17F3N2O2/c22-21(23,24)13-26(16-9-5-2-6-10-16)20(27)17-18(14-11-12-14)28-19(25-17)15-7-3-1-4-8-15/h1-10,14H,11-13H2. The number of rotatable bonds is 5. The van der Waals surface area contributed by atoms with Gasteiger partial charge in [0.2, 0.25) is 5.89 Å². The fraction of sp³-hybridized carbons (Fsp3) is 0.238.